The van der Waals surface area contributed by atoms with Crippen LogP contribution >= 0.6 is 0 Å². The van der Waals surface area contributed by atoms with Crippen molar-refractivity contribution >= 4 is 53.9 Å². The Balaban J connectivity index is 1.10. The Morgan fingerprint density at radius 1 is 0.255 bits per heavy atom. The maximum Gasteiger partial charge on any atom is 0.0541 e. The standard InChI is InChI=1S/C54H35N/c1-2-18-42(19-3-1)55-51(36-26-28-37(29-27-36)53-43-20-8-4-14-38(43)34-39-15-5-9-21-44(39)53)32-33-52(55)49-30-31-50(48-25-13-12-24-47(48)49)54-45-22-10-6-16-40(45)35-41-17-7-11-23-46(41)54/h1-35H. The first kappa shape index (κ1) is 31.3. The molecule has 0 atom stereocenters. The molecule has 0 fully saturated rings. The van der Waals surface area contributed by atoms with Crippen LogP contribution in [0, 0.1) is 0 Å². The molecule has 1 nitrogen and oxygen atoms in total. The van der Waals surface area contributed by atoms with Crippen molar-refractivity contribution in [3.05, 3.63) is 212 Å². The third-order valence-electron chi connectivity index (χ3n) is 11.4. The molecule has 10 aromatic carbocycles. The van der Waals surface area contributed by atoms with Gasteiger partial charge < -0.3 is 4.57 Å². The molecule has 1 heteroatoms. The predicted molar refractivity (Wildman–Crippen MR) is 235 cm³/mol. The summed E-state index contributed by atoms with van der Waals surface area (Å²) in [5.74, 6) is 0. The predicted octanol–water partition coefficient (Wildman–Crippen LogP) is 14.9. The lowest BCUT2D eigenvalue weighted by atomic mass is 9.88. The number of hydrogen-bond donors (Lipinski definition) is 0. The van der Waals surface area contributed by atoms with Crippen molar-refractivity contribution in [2.45, 2.75) is 0 Å². The minimum Gasteiger partial charge on any atom is -0.309 e. The minimum absolute atomic E-state index is 1.13. The van der Waals surface area contributed by atoms with Crippen LogP contribution in [0.4, 0.5) is 0 Å². The van der Waals surface area contributed by atoms with Crippen molar-refractivity contribution < 1.29 is 0 Å². The molecule has 0 spiro atoms. The third-order valence-corrected chi connectivity index (χ3v) is 11.4. The number of fused-ring (bicyclic) bond motifs is 5. The Kier molecular flexibility index (Phi) is 7.25. The lowest BCUT2D eigenvalue weighted by Gasteiger charge is -2.19. The van der Waals surface area contributed by atoms with E-state index >= 15 is 0 Å². The molecular weight excluding hydrogens is 663 g/mol. The first-order valence-electron chi connectivity index (χ1n) is 19.0. The normalized spacial score (nSPS) is 11.6. The van der Waals surface area contributed by atoms with Crippen LogP contribution in [-0.4, -0.2) is 4.57 Å². The van der Waals surface area contributed by atoms with Crippen LogP contribution in [0.25, 0.3) is 104 Å². The van der Waals surface area contributed by atoms with Gasteiger partial charge in [-0.25, -0.2) is 0 Å². The molecule has 0 amide bonds. The van der Waals surface area contributed by atoms with Crippen molar-refractivity contribution in [3.63, 3.8) is 0 Å². The van der Waals surface area contributed by atoms with Crippen LogP contribution in [0.2, 0.25) is 0 Å². The molecule has 256 valence electrons. The van der Waals surface area contributed by atoms with Gasteiger partial charge in [-0.1, -0.05) is 176 Å². The molecule has 0 unspecified atom stereocenters. The molecule has 55 heavy (non-hydrogen) atoms. The molecule has 0 radical (unpaired) electrons. The largest absolute Gasteiger partial charge is 0.309 e. The SMILES string of the molecule is c1ccc(-n2c(-c3ccc(-c4c5ccccc5cc5ccccc45)cc3)ccc2-c2ccc(-c3c4ccccc4cc4ccccc34)c3ccccc23)cc1. The van der Waals surface area contributed by atoms with Crippen molar-refractivity contribution in [2.75, 3.05) is 0 Å². The van der Waals surface area contributed by atoms with Gasteiger partial charge in [0.25, 0.3) is 0 Å². The number of hydrogen-bond acceptors (Lipinski definition) is 0. The van der Waals surface area contributed by atoms with Gasteiger partial charge in [-0.05, 0) is 118 Å². The van der Waals surface area contributed by atoms with Crippen molar-refractivity contribution in [1.82, 2.24) is 4.57 Å². The molecule has 0 saturated heterocycles. The maximum absolute atomic E-state index is 2.43. The number of aromatic nitrogens is 1. The quantitative estimate of drug-likeness (QED) is 0.158. The van der Waals surface area contributed by atoms with Crippen molar-refractivity contribution in [1.29, 1.82) is 0 Å². The molecule has 0 saturated carbocycles. The second-order valence-corrected chi connectivity index (χ2v) is 14.4. The average molecular weight is 698 g/mol. The average Bonchev–Trinajstić information content (AvgIpc) is 3.70. The Morgan fingerprint density at radius 2 is 0.655 bits per heavy atom. The first-order chi connectivity index (χ1) is 27.3. The van der Waals surface area contributed by atoms with E-state index in [1.165, 1.54) is 87.2 Å². The highest BCUT2D eigenvalue weighted by molar-refractivity contribution is 6.18. The Labute approximate surface area is 320 Å². The monoisotopic (exact) mass is 697 g/mol. The Hall–Kier alpha value is -7.22. The second-order valence-electron chi connectivity index (χ2n) is 14.4. The van der Waals surface area contributed by atoms with Crippen LogP contribution in [0.3, 0.4) is 0 Å². The summed E-state index contributed by atoms with van der Waals surface area (Å²) in [5.41, 5.74) is 10.9. The van der Waals surface area contributed by atoms with Crippen LogP contribution in [0.15, 0.2) is 212 Å². The number of rotatable bonds is 5. The van der Waals surface area contributed by atoms with Crippen LogP contribution < -0.4 is 0 Å². The lowest BCUT2D eigenvalue weighted by Crippen LogP contribution is -2.00. The minimum atomic E-state index is 1.13. The fourth-order valence-corrected chi connectivity index (χ4v) is 8.90. The topological polar surface area (TPSA) is 4.93 Å². The summed E-state index contributed by atoms with van der Waals surface area (Å²) < 4.78 is 2.43. The van der Waals surface area contributed by atoms with E-state index in [0.29, 0.717) is 0 Å². The lowest BCUT2D eigenvalue weighted by molar-refractivity contribution is 1.10. The summed E-state index contributed by atoms with van der Waals surface area (Å²) in [6.07, 6.45) is 0. The third kappa shape index (κ3) is 5.09. The zero-order chi connectivity index (χ0) is 36.3. The zero-order valence-corrected chi connectivity index (χ0v) is 30.2. The molecule has 0 aliphatic rings. The van der Waals surface area contributed by atoms with Crippen LogP contribution in [0.5, 0.6) is 0 Å². The van der Waals surface area contributed by atoms with Gasteiger partial charge in [0.05, 0.1) is 11.4 Å². The van der Waals surface area contributed by atoms with Crippen molar-refractivity contribution in [3.8, 4) is 50.5 Å². The van der Waals surface area contributed by atoms with E-state index in [1.54, 1.807) is 0 Å². The molecule has 0 N–H and O–H groups in total. The van der Waals surface area contributed by atoms with Gasteiger partial charge in [0.15, 0.2) is 0 Å². The van der Waals surface area contributed by atoms with Gasteiger partial charge in [-0.3, -0.25) is 0 Å². The zero-order valence-electron chi connectivity index (χ0n) is 30.2. The second kappa shape index (κ2) is 12.7. The molecular formula is C54H35N. The highest BCUT2D eigenvalue weighted by Gasteiger charge is 2.19. The molecule has 0 aliphatic heterocycles. The fourth-order valence-electron chi connectivity index (χ4n) is 8.90. The van der Waals surface area contributed by atoms with Gasteiger partial charge in [-0.2, -0.15) is 0 Å². The summed E-state index contributed by atoms with van der Waals surface area (Å²) in [6, 6.07) is 77.8. The van der Waals surface area contributed by atoms with E-state index < -0.39 is 0 Å². The van der Waals surface area contributed by atoms with Gasteiger partial charge in [0.1, 0.15) is 0 Å². The molecule has 1 aromatic heterocycles. The van der Waals surface area contributed by atoms with E-state index in [9.17, 15) is 0 Å². The summed E-state index contributed by atoms with van der Waals surface area (Å²) in [4.78, 5) is 0. The van der Waals surface area contributed by atoms with E-state index in [2.05, 4.69) is 217 Å². The van der Waals surface area contributed by atoms with Gasteiger partial charge in [0, 0.05) is 11.3 Å². The van der Waals surface area contributed by atoms with E-state index in [0.717, 1.165) is 17.1 Å². The molecule has 0 bridgehead atoms. The fraction of sp³-hybridized carbons (Fsp3) is 0. The Morgan fingerprint density at radius 3 is 1.20 bits per heavy atom. The Bertz CT molecular complexity index is 3130. The summed E-state index contributed by atoms with van der Waals surface area (Å²) in [7, 11) is 0. The summed E-state index contributed by atoms with van der Waals surface area (Å²) in [5, 5.41) is 12.6. The number of benzene rings is 10. The smallest absolute Gasteiger partial charge is 0.0541 e. The number of para-hydroxylation sites is 1. The molecule has 11 rings (SSSR count). The summed E-state index contributed by atoms with van der Waals surface area (Å²) >= 11 is 0. The first-order valence-corrected chi connectivity index (χ1v) is 19.0. The molecule has 11 aromatic rings. The van der Waals surface area contributed by atoms with E-state index in [-0.39, 0.29) is 0 Å². The van der Waals surface area contributed by atoms with Gasteiger partial charge in [0.2, 0.25) is 0 Å². The van der Waals surface area contributed by atoms with Crippen LogP contribution in [-0.2, 0) is 0 Å². The van der Waals surface area contributed by atoms with Gasteiger partial charge >= 0.3 is 0 Å². The van der Waals surface area contributed by atoms with Crippen molar-refractivity contribution in [2.24, 2.45) is 0 Å². The number of nitrogens with zero attached hydrogens (tertiary/aromatic N) is 1. The van der Waals surface area contributed by atoms with E-state index in [1.807, 2.05) is 0 Å². The van der Waals surface area contributed by atoms with Crippen LogP contribution in [0.1, 0.15) is 0 Å². The highest BCUT2D eigenvalue weighted by Crippen LogP contribution is 2.44. The van der Waals surface area contributed by atoms with Gasteiger partial charge in [-0.15, -0.1) is 0 Å². The molecule has 1 heterocycles. The molecule has 0 aliphatic carbocycles. The summed E-state index contributed by atoms with van der Waals surface area (Å²) in [6.45, 7) is 0. The maximum atomic E-state index is 2.43. The van der Waals surface area contributed by atoms with E-state index in [4.69, 9.17) is 0 Å². The highest BCUT2D eigenvalue weighted by atomic mass is 15.0.